The number of carbonyl (C=O) groups is 1. The lowest BCUT2D eigenvalue weighted by Gasteiger charge is -2.12. The minimum Gasteiger partial charge on any atom is -0.479 e. The highest BCUT2D eigenvalue weighted by Gasteiger charge is 2.18. The topological polar surface area (TPSA) is 74.0 Å². The molecule has 0 atom stereocenters. The third-order valence-electron chi connectivity index (χ3n) is 5.93. The van der Waals surface area contributed by atoms with E-state index in [9.17, 15) is 4.79 Å². The van der Waals surface area contributed by atoms with Crippen LogP contribution in [0.3, 0.4) is 0 Å². The Bertz CT molecular complexity index is 1300. The van der Waals surface area contributed by atoms with Crippen molar-refractivity contribution in [1.82, 2.24) is 19.3 Å². The van der Waals surface area contributed by atoms with Crippen molar-refractivity contribution in [3.8, 4) is 5.88 Å². The lowest BCUT2D eigenvalue weighted by molar-refractivity contribution is -0.116. The van der Waals surface area contributed by atoms with Gasteiger partial charge in [-0.05, 0) is 61.6 Å². The van der Waals surface area contributed by atoms with E-state index < -0.39 is 0 Å². The number of rotatable bonds is 7. The smallest absolute Gasteiger partial charge is 0.242 e. The molecule has 3 heterocycles. The van der Waals surface area contributed by atoms with E-state index in [0.717, 1.165) is 45.5 Å². The monoisotopic (exact) mass is 433 g/mol. The molecule has 7 nitrogen and oxygen atoms in total. The summed E-state index contributed by atoms with van der Waals surface area (Å²) in [7, 11) is 3.47. The van der Waals surface area contributed by atoms with E-state index in [1.807, 2.05) is 33.0 Å². The molecule has 32 heavy (non-hydrogen) atoms. The molecule has 1 aromatic carbocycles. The predicted octanol–water partition coefficient (Wildman–Crippen LogP) is 4.78. The number of hydrogen-bond donors (Lipinski definition) is 1. The summed E-state index contributed by atoms with van der Waals surface area (Å²) in [6, 6.07) is 8.19. The number of aromatic nitrogens is 4. The molecular weight excluding hydrogens is 402 g/mol. The number of fused-ring (bicyclic) bond motifs is 2. The quantitative estimate of drug-likeness (QED) is 0.455. The number of ether oxygens (including phenoxy) is 1. The average molecular weight is 434 g/mol. The number of nitrogens with one attached hydrogen (secondary N) is 1. The Morgan fingerprint density at radius 3 is 2.72 bits per heavy atom. The van der Waals surface area contributed by atoms with Crippen LogP contribution in [0.15, 0.2) is 30.5 Å². The second-order valence-corrected chi connectivity index (χ2v) is 8.82. The minimum atomic E-state index is -0.0111. The van der Waals surface area contributed by atoms with E-state index in [1.54, 1.807) is 11.8 Å². The van der Waals surface area contributed by atoms with Crippen molar-refractivity contribution in [3.63, 3.8) is 0 Å². The molecule has 4 rings (SSSR count). The van der Waals surface area contributed by atoms with Gasteiger partial charge in [-0.3, -0.25) is 4.79 Å². The van der Waals surface area contributed by atoms with Gasteiger partial charge in [0.2, 0.25) is 11.8 Å². The molecule has 0 bridgehead atoms. The SMILES string of the molecule is COc1nn(C)c2nc(C)c(CCC(=O)Nc3ccc4c(ccn4CC(C)C)c3)c(C)c12. The lowest BCUT2D eigenvalue weighted by atomic mass is 10.00. The highest BCUT2D eigenvalue weighted by molar-refractivity contribution is 5.94. The number of hydrogen-bond acceptors (Lipinski definition) is 4. The lowest BCUT2D eigenvalue weighted by Crippen LogP contribution is -2.13. The molecular formula is C25H31N5O2. The zero-order valence-electron chi connectivity index (χ0n) is 19.7. The third kappa shape index (κ3) is 4.07. The Kier molecular flexibility index (Phi) is 5.91. The fraction of sp³-hybridized carbons (Fsp3) is 0.400. The van der Waals surface area contributed by atoms with E-state index in [-0.39, 0.29) is 5.91 Å². The Morgan fingerprint density at radius 2 is 2.00 bits per heavy atom. The van der Waals surface area contributed by atoms with E-state index in [1.165, 1.54) is 5.52 Å². The summed E-state index contributed by atoms with van der Waals surface area (Å²) >= 11 is 0. The summed E-state index contributed by atoms with van der Waals surface area (Å²) in [5, 5.41) is 9.49. The fourth-order valence-corrected chi connectivity index (χ4v) is 4.40. The standard InChI is InChI=1S/C25H31N5O2/c1-15(2)14-30-12-11-18-13-19(7-9-21(18)30)27-22(31)10-8-20-16(3)23-24(26-17(20)4)29(5)28-25(23)32-6/h7,9,11-13,15H,8,10,14H2,1-6H3,(H,27,31). The van der Waals surface area contributed by atoms with Crippen molar-refractivity contribution < 1.29 is 9.53 Å². The summed E-state index contributed by atoms with van der Waals surface area (Å²) in [4.78, 5) is 17.4. The number of carbonyl (C=O) groups excluding carboxylic acids is 1. The van der Waals surface area contributed by atoms with E-state index >= 15 is 0 Å². The number of pyridine rings is 1. The summed E-state index contributed by atoms with van der Waals surface area (Å²) in [6.07, 6.45) is 3.10. The van der Waals surface area contributed by atoms with Gasteiger partial charge in [-0.25, -0.2) is 9.67 Å². The number of nitrogens with zero attached hydrogens (tertiary/aromatic N) is 4. The van der Waals surface area contributed by atoms with Crippen LogP contribution in [0.2, 0.25) is 0 Å². The van der Waals surface area contributed by atoms with Crippen LogP contribution in [-0.2, 0) is 24.8 Å². The molecule has 7 heteroatoms. The highest BCUT2D eigenvalue weighted by atomic mass is 16.5. The first kappa shape index (κ1) is 21.9. The summed E-state index contributed by atoms with van der Waals surface area (Å²) in [6.45, 7) is 9.43. The molecule has 168 valence electrons. The maximum Gasteiger partial charge on any atom is 0.242 e. The van der Waals surface area contributed by atoms with Crippen molar-refractivity contribution in [3.05, 3.63) is 47.3 Å². The number of benzene rings is 1. The molecule has 0 aliphatic rings. The van der Waals surface area contributed by atoms with Crippen molar-refractivity contribution in [1.29, 1.82) is 0 Å². The first-order chi connectivity index (χ1) is 15.3. The predicted molar refractivity (Wildman–Crippen MR) is 128 cm³/mol. The zero-order valence-corrected chi connectivity index (χ0v) is 19.7. The molecule has 1 amide bonds. The molecule has 0 fully saturated rings. The number of aryl methyl sites for hydroxylation is 3. The minimum absolute atomic E-state index is 0.0111. The maximum atomic E-state index is 12.7. The van der Waals surface area contributed by atoms with Crippen LogP contribution in [0.1, 0.15) is 37.1 Å². The molecule has 0 aliphatic carbocycles. The Balaban J connectivity index is 1.49. The Hall–Kier alpha value is -3.35. The number of methoxy groups -OCH3 is 1. The van der Waals surface area contributed by atoms with Gasteiger partial charge >= 0.3 is 0 Å². The van der Waals surface area contributed by atoms with Crippen LogP contribution in [0, 0.1) is 19.8 Å². The second kappa shape index (κ2) is 8.65. The van der Waals surface area contributed by atoms with Crippen LogP contribution >= 0.6 is 0 Å². The molecule has 3 aromatic heterocycles. The molecule has 0 radical (unpaired) electrons. The van der Waals surface area contributed by atoms with Crippen LogP contribution in [0.5, 0.6) is 5.88 Å². The van der Waals surface area contributed by atoms with Crippen LogP contribution in [-0.4, -0.2) is 32.3 Å². The zero-order chi connectivity index (χ0) is 23.0. The Morgan fingerprint density at radius 1 is 1.22 bits per heavy atom. The summed E-state index contributed by atoms with van der Waals surface area (Å²) in [5.74, 6) is 1.14. The van der Waals surface area contributed by atoms with E-state index in [4.69, 9.17) is 9.72 Å². The summed E-state index contributed by atoms with van der Waals surface area (Å²) < 4.78 is 9.42. The van der Waals surface area contributed by atoms with Gasteiger partial charge in [0.05, 0.1) is 12.5 Å². The van der Waals surface area contributed by atoms with Crippen molar-refractivity contribution in [2.75, 3.05) is 12.4 Å². The van der Waals surface area contributed by atoms with Gasteiger partial charge in [0.25, 0.3) is 0 Å². The number of amides is 1. The van der Waals surface area contributed by atoms with Gasteiger partial charge in [0, 0.05) is 48.5 Å². The van der Waals surface area contributed by atoms with Gasteiger partial charge in [0.15, 0.2) is 5.65 Å². The van der Waals surface area contributed by atoms with Crippen LogP contribution in [0.4, 0.5) is 5.69 Å². The molecule has 1 N–H and O–H groups in total. The maximum absolute atomic E-state index is 12.7. The molecule has 4 aromatic rings. The van der Waals surface area contributed by atoms with Gasteiger partial charge in [-0.1, -0.05) is 13.8 Å². The highest BCUT2D eigenvalue weighted by Crippen LogP contribution is 2.30. The van der Waals surface area contributed by atoms with Crippen molar-refractivity contribution in [2.45, 2.75) is 47.1 Å². The normalized spacial score (nSPS) is 11.6. The third-order valence-corrected chi connectivity index (χ3v) is 5.93. The van der Waals surface area contributed by atoms with Crippen LogP contribution in [0.25, 0.3) is 21.9 Å². The van der Waals surface area contributed by atoms with Gasteiger partial charge in [-0.15, -0.1) is 5.10 Å². The second-order valence-electron chi connectivity index (χ2n) is 8.82. The number of anilines is 1. The first-order valence-electron chi connectivity index (χ1n) is 11.0. The van der Waals surface area contributed by atoms with Crippen molar-refractivity contribution in [2.24, 2.45) is 13.0 Å². The molecule has 0 aliphatic heterocycles. The summed E-state index contributed by atoms with van der Waals surface area (Å²) in [5.41, 5.74) is 5.86. The Labute approximate surface area is 188 Å². The fourth-order valence-electron chi connectivity index (χ4n) is 4.40. The van der Waals surface area contributed by atoms with Gasteiger partial charge in [-0.2, -0.15) is 0 Å². The van der Waals surface area contributed by atoms with Gasteiger partial charge < -0.3 is 14.6 Å². The molecule has 0 saturated carbocycles. The molecule has 0 saturated heterocycles. The first-order valence-corrected chi connectivity index (χ1v) is 11.0. The average Bonchev–Trinajstić information content (AvgIpc) is 3.27. The van der Waals surface area contributed by atoms with E-state index in [0.29, 0.717) is 24.6 Å². The molecule has 0 unspecified atom stereocenters. The molecule has 0 spiro atoms. The van der Waals surface area contributed by atoms with Gasteiger partial charge in [0.1, 0.15) is 0 Å². The van der Waals surface area contributed by atoms with Crippen molar-refractivity contribution >= 4 is 33.5 Å². The van der Waals surface area contributed by atoms with E-state index in [2.05, 4.69) is 47.2 Å². The van der Waals surface area contributed by atoms with Crippen LogP contribution < -0.4 is 10.1 Å². The largest absolute Gasteiger partial charge is 0.479 e.